The van der Waals surface area contributed by atoms with Crippen molar-refractivity contribution < 1.29 is 19.1 Å². The van der Waals surface area contributed by atoms with Gasteiger partial charge in [-0.15, -0.1) is 0 Å². The lowest BCUT2D eigenvalue weighted by Gasteiger charge is -2.22. The summed E-state index contributed by atoms with van der Waals surface area (Å²) in [6.07, 6.45) is 1.51. The number of unbranched alkanes of at least 4 members (excludes halogenated alkanes) is 1. The molecular formula is C14H18FNO3. The molecule has 1 rings (SSSR count). The Bertz CT molecular complexity index is 448. The van der Waals surface area contributed by atoms with E-state index in [0.29, 0.717) is 6.54 Å². The zero-order valence-electron chi connectivity index (χ0n) is 10.9. The second-order valence-electron chi connectivity index (χ2n) is 4.27. The van der Waals surface area contributed by atoms with Gasteiger partial charge in [0.15, 0.2) is 0 Å². The Labute approximate surface area is 111 Å². The van der Waals surface area contributed by atoms with Crippen molar-refractivity contribution in [1.82, 2.24) is 4.90 Å². The van der Waals surface area contributed by atoms with Crippen LogP contribution in [0.15, 0.2) is 24.3 Å². The Morgan fingerprint density at radius 3 is 2.53 bits per heavy atom. The van der Waals surface area contributed by atoms with Gasteiger partial charge >= 0.3 is 5.97 Å². The summed E-state index contributed by atoms with van der Waals surface area (Å²) in [7, 11) is 0. The number of rotatable bonds is 7. The zero-order chi connectivity index (χ0) is 14.3. The maximum Gasteiger partial charge on any atom is 0.305 e. The summed E-state index contributed by atoms with van der Waals surface area (Å²) >= 11 is 0. The Kier molecular flexibility index (Phi) is 5.99. The monoisotopic (exact) mass is 267 g/mol. The van der Waals surface area contributed by atoms with E-state index in [-0.39, 0.29) is 18.5 Å². The number of halogens is 1. The number of benzene rings is 1. The third-order valence-corrected chi connectivity index (χ3v) is 2.77. The standard InChI is InChI=1S/C14H18FNO3/c1-2-3-9-16(10-8-13(17)18)14(19)11-6-4-5-7-12(11)15/h4-7H,2-3,8-10H2,1H3,(H,17,18). The Morgan fingerprint density at radius 1 is 1.26 bits per heavy atom. The highest BCUT2D eigenvalue weighted by atomic mass is 19.1. The van der Waals surface area contributed by atoms with Crippen LogP contribution in [-0.2, 0) is 4.79 Å². The first kappa shape index (κ1) is 15.1. The van der Waals surface area contributed by atoms with Gasteiger partial charge in [0.05, 0.1) is 12.0 Å². The molecule has 1 N–H and O–H groups in total. The molecule has 1 amide bonds. The van der Waals surface area contributed by atoms with Crippen molar-refractivity contribution in [2.45, 2.75) is 26.2 Å². The Hall–Kier alpha value is -1.91. The first-order valence-electron chi connectivity index (χ1n) is 6.31. The van der Waals surface area contributed by atoms with E-state index in [1.54, 1.807) is 6.07 Å². The number of carbonyl (C=O) groups excluding carboxylic acids is 1. The van der Waals surface area contributed by atoms with Gasteiger partial charge in [-0.05, 0) is 18.6 Å². The average Bonchev–Trinajstić information content (AvgIpc) is 2.38. The van der Waals surface area contributed by atoms with Crippen molar-refractivity contribution in [2.75, 3.05) is 13.1 Å². The van der Waals surface area contributed by atoms with Crippen molar-refractivity contribution in [3.63, 3.8) is 0 Å². The van der Waals surface area contributed by atoms with Crippen LogP contribution in [0.25, 0.3) is 0 Å². The summed E-state index contributed by atoms with van der Waals surface area (Å²) in [6.45, 7) is 2.52. The third-order valence-electron chi connectivity index (χ3n) is 2.77. The predicted octanol–water partition coefficient (Wildman–Crippen LogP) is 2.54. The van der Waals surface area contributed by atoms with Crippen LogP contribution in [-0.4, -0.2) is 35.0 Å². The zero-order valence-corrected chi connectivity index (χ0v) is 10.9. The van der Waals surface area contributed by atoms with E-state index in [0.717, 1.165) is 12.8 Å². The van der Waals surface area contributed by atoms with E-state index in [9.17, 15) is 14.0 Å². The third kappa shape index (κ3) is 4.69. The van der Waals surface area contributed by atoms with Crippen LogP contribution in [0.5, 0.6) is 0 Å². The minimum atomic E-state index is -0.970. The van der Waals surface area contributed by atoms with Crippen LogP contribution < -0.4 is 0 Å². The van der Waals surface area contributed by atoms with Crippen molar-refractivity contribution in [2.24, 2.45) is 0 Å². The van der Waals surface area contributed by atoms with Gasteiger partial charge in [-0.2, -0.15) is 0 Å². The molecule has 0 saturated carbocycles. The van der Waals surface area contributed by atoms with Gasteiger partial charge in [0.1, 0.15) is 5.82 Å². The lowest BCUT2D eigenvalue weighted by atomic mass is 10.1. The number of hydrogen-bond acceptors (Lipinski definition) is 2. The van der Waals surface area contributed by atoms with E-state index in [4.69, 9.17) is 5.11 Å². The molecule has 0 saturated heterocycles. The summed E-state index contributed by atoms with van der Waals surface area (Å²) < 4.78 is 13.6. The number of nitrogens with zero attached hydrogens (tertiary/aromatic N) is 1. The molecule has 1 aromatic carbocycles. The highest BCUT2D eigenvalue weighted by Gasteiger charge is 2.19. The molecule has 0 atom stereocenters. The molecule has 0 unspecified atom stereocenters. The molecule has 0 radical (unpaired) electrons. The quantitative estimate of drug-likeness (QED) is 0.826. The molecule has 0 aliphatic rings. The van der Waals surface area contributed by atoms with Crippen LogP contribution in [0, 0.1) is 5.82 Å². The highest BCUT2D eigenvalue weighted by molar-refractivity contribution is 5.94. The lowest BCUT2D eigenvalue weighted by Crippen LogP contribution is -2.34. The van der Waals surface area contributed by atoms with Crippen LogP contribution in [0.4, 0.5) is 4.39 Å². The molecule has 104 valence electrons. The van der Waals surface area contributed by atoms with Gasteiger partial charge in [-0.25, -0.2) is 4.39 Å². The number of hydrogen-bond donors (Lipinski definition) is 1. The fourth-order valence-corrected chi connectivity index (χ4v) is 1.70. The molecule has 0 aliphatic heterocycles. The van der Waals surface area contributed by atoms with Crippen molar-refractivity contribution in [1.29, 1.82) is 0 Å². The van der Waals surface area contributed by atoms with E-state index in [1.165, 1.54) is 23.1 Å². The van der Waals surface area contributed by atoms with Gasteiger partial charge in [0.25, 0.3) is 5.91 Å². The van der Waals surface area contributed by atoms with Gasteiger partial charge in [-0.1, -0.05) is 25.5 Å². The highest BCUT2D eigenvalue weighted by Crippen LogP contribution is 2.11. The van der Waals surface area contributed by atoms with E-state index in [2.05, 4.69) is 0 Å². The molecule has 4 nitrogen and oxygen atoms in total. The van der Waals surface area contributed by atoms with Crippen LogP contribution in [0.1, 0.15) is 36.5 Å². The molecular weight excluding hydrogens is 249 g/mol. The van der Waals surface area contributed by atoms with Crippen molar-refractivity contribution >= 4 is 11.9 Å². The normalized spacial score (nSPS) is 10.2. The van der Waals surface area contributed by atoms with Crippen LogP contribution in [0.2, 0.25) is 0 Å². The Morgan fingerprint density at radius 2 is 1.95 bits per heavy atom. The van der Waals surface area contributed by atoms with Crippen LogP contribution in [0.3, 0.4) is 0 Å². The number of carbonyl (C=O) groups is 2. The summed E-state index contributed by atoms with van der Waals surface area (Å²) in [4.78, 5) is 24.2. The Balaban J connectivity index is 2.81. The second-order valence-corrected chi connectivity index (χ2v) is 4.27. The summed E-state index contributed by atoms with van der Waals surface area (Å²) in [6, 6.07) is 5.74. The summed E-state index contributed by atoms with van der Waals surface area (Å²) in [5.41, 5.74) is -0.0102. The van der Waals surface area contributed by atoms with Crippen molar-refractivity contribution in [3.05, 3.63) is 35.6 Å². The van der Waals surface area contributed by atoms with Crippen molar-refractivity contribution in [3.8, 4) is 0 Å². The van der Waals surface area contributed by atoms with Gasteiger partial charge < -0.3 is 10.0 Å². The predicted molar refractivity (Wildman–Crippen MR) is 69.5 cm³/mol. The number of aliphatic carboxylic acids is 1. The summed E-state index contributed by atoms with van der Waals surface area (Å²) in [5.74, 6) is -2.00. The molecule has 0 aromatic heterocycles. The molecule has 0 bridgehead atoms. The molecule has 0 aliphatic carbocycles. The van der Waals surface area contributed by atoms with Gasteiger partial charge in [-0.3, -0.25) is 9.59 Å². The van der Waals surface area contributed by atoms with Gasteiger partial charge in [0, 0.05) is 13.1 Å². The van der Waals surface area contributed by atoms with Crippen LogP contribution >= 0.6 is 0 Å². The average molecular weight is 267 g/mol. The molecule has 5 heteroatoms. The minimum Gasteiger partial charge on any atom is -0.481 e. The smallest absolute Gasteiger partial charge is 0.305 e. The second kappa shape index (κ2) is 7.51. The topological polar surface area (TPSA) is 57.6 Å². The van der Waals surface area contributed by atoms with E-state index >= 15 is 0 Å². The molecule has 0 spiro atoms. The molecule has 1 aromatic rings. The summed E-state index contributed by atoms with van der Waals surface area (Å²) in [5, 5.41) is 8.68. The molecule has 19 heavy (non-hydrogen) atoms. The SMILES string of the molecule is CCCCN(CCC(=O)O)C(=O)c1ccccc1F. The van der Waals surface area contributed by atoms with E-state index in [1.807, 2.05) is 6.92 Å². The maximum atomic E-state index is 13.6. The fourth-order valence-electron chi connectivity index (χ4n) is 1.70. The number of carboxylic acid groups (broad SMARTS) is 1. The number of amides is 1. The number of carboxylic acids is 1. The largest absolute Gasteiger partial charge is 0.481 e. The first-order chi connectivity index (χ1) is 9.06. The minimum absolute atomic E-state index is 0.0102. The van der Waals surface area contributed by atoms with Gasteiger partial charge in [0.2, 0.25) is 0 Å². The molecule has 0 fully saturated rings. The fraction of sp³-hybridized carbons (Fsp3) is 0.429. The maximum absolute atomic E-state index is 13.6. The lowest BCUT2D eigenvalue weighted by molar-refractivity contribution is -0.137. The van der Waals surface area contributed by atoms with E-state index < -0.39 is 17.7 Å². The molecule has 0 heterocycles. The first-order valence-corrected chi connectivity index (χ1v) is 6.31.